The van der Waals surface area contributed by atoms with Gasteiger partial charge in [0.2, 0.25) is 10.0 Å². The predicted molar refractivity (Wildman–Crippen MR) is 83.1 cm³/mol. The molecule has 1 unspecified atom stereocenters. The Labute approximate surface area is 128 Å². The van der Waals surface area contributed by atoms with Gasteiger partial charge in [0, 0.05) is 32.5 Å². The summed E-state index contributed by atoms with van der Waals surface area (Å²) in [6.07, 6.45) is 0.0823. The van der Waals surface area contributed by atoms with Gasteiger partial charge in [-0.05, 0) is 12.1 Å². The van der Waals surface area contributed by atoms with E-state index in [2.05, 4.69) is 20.8 Å². The van der Waals surface area contributed by atoms with Crippen LogP contribution in [0.25, 0.3) is 0 Å². The molecule has 0 bridgehead atoms. The fourth-order valence-electron chi connectivity index (χ4n) is 2.16. The van der Waals surface area contributed by atoms with Gasteiger partial charge < -0.3 is 9.64 Å². The molecule has 0 amide bonds. The van der Waals surface area contributed by atoms with E-state index in [0.717, 1.165) is 11.0 Å². The first-order valence-corrected chi connectivity index (χ1v) is 8.97. The Morgan fingerprint density at radius 2 is 2.10 bits per heavy atom. The molecule has 1 aliphatic heterocycles. The van der Waals surface area contributed by atoms with Crippen molar-refractivity contribution in [2.24, 2.45) is 0 Å². The summed E-state index contributed by atoms with van der Waals surface area (Å²) >= 11 is 3.41. The zero-order chi connectivity index (χ0) is 14.8. The van der Waals surface area contributed by atoms with E-state index in [-0.39, 0.29) is 6.10 Å². The molecule has 0 aromatic heterocycles. The number of morpholine rings is 1. The lowest BCUT2D eigenvalue weighted by atomic mass is 10.2. The minimum Gasteiger partial charge on any atom is -0.374 e. The van der Waals surface area contributed by atoms with Crippen LogP contribution in [-0.2, 0) is 14.8 Å². The first-order valence-electron chi connectivity index (χ1n) is 6.41. The van der Waals surface area contributed by atoms with Gasteiger partial charge in [-0.25, -0.2) is 12.7 Å². The van der Waals surface area contributed by atoms with Gasteiger partial charge in [-0.1, -0.05) is 28.1 Å². The number of halogens is 1. The lowest BCUT2D eigenvalue weighted by Crippen LogP contribution is -2.44. The van der Waals surface area contributed by atoms with Gasteiger partial charge in [0.05, 0.1) is 18.4 Å². The second kappa shape index (κ2) is 6.43. The van der Waals surface area contributed by atoms with Crippen LogP contribution in [0.2, 0.25) is 0 Å². The Morgan fingerprint density at radius 3 is 2.75 bits per heavy atom. The second-order valence-electron chi connectivity index (χ2n) is 4.85. The van der Waals surface area contributed by atoms with Crippen molar-refractivity contribution in [3.05, 3.63) is 24.3 Å². The van der Waals surface area contributed by atoms with Crippen LogP contribution in [-0.4, -0.2) is 57.9 Å². The van der Waals surface area contributed by atoms with Crippen LogP contribution in [0.4, 0.5) is 5.69 Å². The molecule has 1 aromatic rings. The maximum Gasteiger partial charge on any atom is 0.244 e. The molecule has 1 fully saturated rings. The van der Waals surface area contributed by atoms with Crippen LogP contribution in [0.5, 0.6) is 0 Å². The monoisotopic (exact) mass is 362 g/mol. The summed E-state index contributed by atoms with van der Waals surface area (Å²) in [7, 11) is -0.345. The summed E-state index contributed by atoms with van der Waals surface area (Å²) in [6, 6.07) is 7.13. The fourth-order valence-corrected chi connectivity index (χ4v) is 3.66. The molecule has 0 radical (unpaired) electrons. The van der Waals surface area contributed by atoms with Crippen molar-refractivity contribution in [2.75, 3.05) is 44.0 Å². The molecule has 0 saturated carbocycles. The third-order valence-electron chi connectivity index (χ3n) is 3.28. The van der Waals surface area contributed by atoms with Gasteiger partial charge in [0.1, 0.15) is 4.90 Å². The third kappa shape index (κ3) is 3.16. The first kappa shape index (κ1) is 15.8. The number of para-hydroxylation sites is 1. The SMILES string of the molecule is CN(C)S(=O)(=O)c1ccccc1N1CCOC(CBr)C1. The number of benzene rings is 1. The molecule has 20 heavy (non-hydrogen) atoms. The van der Waals surface area contributed by atoms with Crippen molar-refractivity contribution in [1.82, 2.24) is 4.31 Å². The minimum atomic E-state index is -3.44. The summed E-state index contributed by atoms with van der Waals surface area (Å²) < 4.78 is 31.7. The summed E-state index contributed by atoms with van der Waals surface area (Å²) in [5.41, 5.74) is 0.746. The lowest BCUT2D eigenvalue weighted by Gasteiger charge is -2.35. The molecular weight excluding hydrogens is 344 g/mol. The number of hydrogen-bond acceptors (Lipinski definition) is 4. The van der Waals surface area contributed by atoms with E-state index in [1.807, 2.05) is 12.1 Å². The highest BCUT2D eigenvalue weighted by atomic mass is 79.9. The maximum atomic E-state index is 12.4. The molecule has 0 aliphatic carbocycles. The Morgan fingerprint density at radius 1 is 1.40 bits per heavy atom. The van der Waals surface area contributed by atoms with Crippen LogP contribution in [0.15, 0.2) is 29.2 Å². The average molecular weight is 363 g/mol. The van der Waals surface area contributed by atoms with Gasteiger partial charge >= 0.3 is 0 Å². The molecule has 1 saturated heterocycles. The topological polar surface area (TPSA) is 49.9 Å². The smallest absolute Gasteiger partial charge is 0.244 e. The van der Waals surface area contributed by atoms with Crippen molar-refractivity contribution in [1.29, 1.82) is 0 Å². The van der Waals surface area contributed by atoms with Crippen LogP contribution in [0.3, 0.4) is 0 Å². The van der Waals surface area contributed by atoms with Crippen LogP contribution in [0.1, 0.15) is 0 Å². The quantitative estimate of drug-likeness (QED) is 0.762. The Balaban J connectivity index is 2.38. The molecule has 5 nitrogen and oxygen atoms in total. The molecule has 0 spiro atoms. The van der Waals surface area contributed by atoms with E-state index in [0.29, 0.717) is 24.6 Å². The van der Waals surface area contributed by atoms with Crippen molar-refractivity contribution >= 4 is 31.6 Å². The summed E-state index contributed by atoms with van der Waals surface area (Å²) in [6.45, 7) is 1.99. The van der Waals surface area contributed by atoms with Crippen LogP contribution >= 0.6 is 15.9 Å². The summed E-state index contributed by atoms with van der Waals surface area (Å²) in [5, 5.41) is 0.742. The highest BCUT2D eigenvalue weighted by Crippen LogP contribution is 2.28. The zero-order valence-corrected chi connectivity index (χ0v) is 14.0. The largest absolute Gasteiger partial charge is 0.374 e. The maximum absolute atomic E-state index is 12.4. The summed E-state index contributed by atoms with van der Waals surface area (Å²) in [5.74, 6) is 0. The Bertz CT molecular complexity index is 562. The van der Waals surface area contributed by atoms with E-state index in [4.69, 9.17) is 4.74 Å². The number of rotatable bonds is 4. The third-order valence-corrected chi connectivity index (χ3v) is 5.86. The van der Waals surface area contributed by atoms with Crippen molar-refractivity contribution in [3.8, 4) is 0 Å². The molecule has 7 heteroatoms. The zero-order valence-electron chi connectivity index (χ0n) is 11.6. The number of ether oxygens (including phenoxy) is 1. The predicted octanol–water partition coefficient (Wildman–Crippen LogP) is 1.54. The molecule has 0 N–H and O–H groups in total. The first-order chi connectivity index (χ1) is 9.46. The van der Waals surface area contributed by atoms with E-state index < -0.39 is 10.0 Å². The van der Waals surface area contributed by atoms with E-state index in [1.54, 1.807) is 26.2 Å². The number of anilines is 1. The minimum absolute atomic E-state index is 0.0823. The highest BCUT2D eigenvalue weighted by Gasteiger charge is 2.27. The molecule has 1 heterocycles. The van der Waals surface area contributed by atoms with Crippen LogP contribution in [0, 0.1) is 0 Å². The van der Waals surface area contributed by atoms with Crippen molar-refractivity contribution in [2.45, 2.75) is 11.0 Å². The molecule has 1 atom stereocenters. The number of nitrogens with zero attached hydrogens (tertiary/aromatic N) is 2. The molecule has 112 valence electrons. The van der Waals surface area contributed by atoms with E-state index >= 15 is 0 Å². The summed E-state index contributed by atoms with van der Waals surface area (Å²) in [4.78, 5) is 2.42. The highest BCUT2D eigenvalue weighted by molar-refractivity contribution is 9.09. The van der Waals surface area contributed by atoms with Gasteiger partial charge in [-0.15, -0.1) is 0 Å². The second-order valence-corrected chi connectivity index (χ2v) is 7.62. The van der Waals surface area contributed by atoms with Gasteiger partial charge in [-0.2, -0.15) is 0 Å². The van der Waals surface area contributed by atoms with Crippen molar-refractivity contribution in [3.63, 3.8) is 0 Å². The Kier molecular flexibility index (Phi) is 5.06. The molecule has 2 rings (SSSR count). The standard InChI is InChI=1S/C13H19BrN2O3S/c1-15(2)20(17,18)13-6-4-3-5-12(13)16-7-8-19-11(9-14)10-16/h3-6,11H,7-10H2,1-2H3. The molecule has 1 aliphatic rings. The Hall–Kier alpha value is -0.630. The normalized spacial score (nSPS) is 20.4. The van der Waals surface area contributed by atoms with E-state index in [9.17, 15) is 8.42 Å². The molecular formula is C13H19BrN2O3S. The average Bonchev–Trinajstić information content (AvgIpc) is 2.47. The number of alkyl halides is 1. The van der Waals surface area contributed by atoms with Crippen LogP contribution < -0.4 is 4.90 Å². The van der Waals surface area contributed by atoms with Crippen molar-refractivity contribution < 1.29 is 13.2 Å². The van der Waals surface area contributed by atoms with Gasteiger partial charge in [-0.3, -0.25) is 0 Å². The number of sulfonamides is 1. The molecule has 1 aromatic carbocycles. The lowest BCUT2D eigenvalue weighted by molar-refractivity contribution is 0.0569. The van der Waals surface area contributed by atoms with E-state index in [1.165, 1.54) is 4.31 Å². The number of hydrogen-bond donors (Lipinski definition) is 0. The van der Waals surface area contributed by atoms with Gasteiger partial charge in [0.15, 0.2) is 0 Å². The fraction of sp³-hybridized carbons (Fsp3) is 0.538. The van der Waals surface area contributed by atoms with Gasteiger partial charge in [0.25, 0.3) is 0 Å².